The van der Waals surface area contributed by atoms with Gasteiger partial charge >= 0.3 is 12.0 Å². The van der Waals surface area contributed by atoms with Crippen LogP contribution in [0.15, 0.2) is 71.8 Å². The molecule has 3 aliphatic carbocycles. The van der Waals surface area contributed by atoms with Crippen molar-refractivity contribution in [3.63, 3.8) is 0 Å². The summed E-state index contributed by atoms with van der Waals surface area (Å²) in [5.41, 5.74) is 3.85. The lowest BCUT2D eigenvalue weighted by Crippen LogP contribution is -2.54. The maximum Gasteiger partial charge on any atom is 0.319 e. The molecule has 1 aromatic carbocycles. The highest BCUT2D eigenvalue weighted by atomic mass is 16.5. The van der Waals surface area contributed by atoms with Crippen LogP contribution in [0.4, 0.5) is 10.5 Å². The molecule has 2 saturated carbocycles. The molecule has 0 unspecified atom stereocenters. The molecule has 0 aliphatic heterocycles. The van der Waals surface area contributed by atoms with E-state index in [0.29, 0.717) is 49.2 Å². The number of aliphatic carboxylic acids is 1. The third-order valence-electron chi connectivity index (χ3n) is 9.72. The number of carboxylic acid groups (broad SMARTS) is 1. The smallest absolute Gasteiger partial charge is 0.319 e. The van der Waals surface area contributed by atoms with E-state index >= 15 is 0 Å². The molecule has 4 rings (SSSR count). The predicted molar refractivity (Wildman–Crippen MR) is 213 cm³/mol. The molecule has 55 heavy (non-hydrogen) atoms. The molecule has 0 radical (unpaired) electrons. The van der Waals surface area contributed by atoms with Gasteiger partial charge in [-0.05, 0) is 87.0 Å². The number of allylic oxidation sites excluding steroid dienone is 4. The fourth-order valence-electron chi connectivity index (χ4n) is 6.82. The summed E-state index contributed by atoms with van der Waals surface area (Å²) in [7, 11) is 0. The summed E-state index contributed by atoms with van der Waals surface area (Å²) in [6, 6.07) is 4.31. The van der Waals surface area contributed by atoms with Crippen molar-refractivity contribution in [2.45, 2.75) is 135 Å². The van der Waals surface area contributed by atoms with E-state index in [4.69, 9.17) is 4.74 Å². The molecule has 5 amide bonds. The van der Waals surface area contributed by atoms with Gasteiger partial charge in [0.1, 0.15) is 12.1 Å². The minimum absolute atomic E-state index is 0.00555. The normalized spacial score (nSPS) is 17.0. The molecule has 3 atom stereocenters. The van der Waals surface area contributed by atoms with Crippen LogP contribution in [0.25, 0.3) is 0 Å². The number of nitrogens with one attached hydrogen (secondary N) is 6. The Labute approximate surface area is 325 Å². The number of rotatable bonds is 21. The summed E-state index contributed by atoms with van der Waals surface area (Å²) in [6.07, 6.45) is 18.5. The van der Waals surface area contributed by atoms with Crippen LogP contribution in [0.2, 0.25) is 0 Å². The lowest BCUT2D eigenvalue weighted by Gasteiger charge is -2.29. The fraction of sp³-hybridized carbons (Fsp3) is 0.548. The van der Waals surface area contributed by atoms with E-state index in [2.05, 4.69) is 38.0 Å². The Morgan fingerprint density at radius 1 is 0.909 bits per heavy atom. The van der Waals surface area contributed by atoms with Gasteiger partial charge in [-0.25, -0.2) is 4.79 Å². The van der Waals surface area contributed by atoms with Crippen LogP contribution in [0, 0.1) is 5.92 Å². The standard InChI is InChI=1S/C42H60N6O7/c1-4-22-55-23-21-43-40(52)36(25-29-11-7-5-8-12-29)47-39(31-17-18-31)34(27-38(50)51)48-41(53)35(24-28(2)3)46-37(49)26-30-15-19-33(20-16-30)45-42(54)44-32-13-9-6-10-14-32/h5,7,11,15-16,19-21,23,28,32,34-36,47H,4,6,8-10,12-14,17-18,22,24-27H2,1-3H3,(H,43,52)(H,46,49)(H,48,53)(H,50,51)(H2,44,45,54)/b23-21-/t34-,35-,36-/m0/s1. The average Bonchev–Trinajstić information content (AvgIpc) is 3.99. The zero-order valence-electron chi connectivity index (χ0n) is 32.6. The zero-order valence-corrected chi connectivity index (χ0v) is 32.6. The van der Waals surface area contributed by atoms with Gasteiger partial charge in [-0.2, -0.15) is 0 Å². The highest BCUT2D eigenvalue weighted by molar-refractivity contribution is 5.90. The number of hydrogen-bond acceptors (Lipinski definition) is 7. The molecule has 0 saturated heterocycles. The Hall–Kier alpha value is -5.07. The number of anilines is 1. The van der Waals surface area contributed by atoms with Gasteiger partial charge in [0.15, 0.2) is 0 Å². The molecular weight excluding hydrogens is 700 g/mol. The molecule has 3 aliphatic rings. The van der Waals surface area contributed by atoms with Crippen molar-refractivity contribution in [3.05, 3.63) is 77.4 Å². The highest BCUT2D eigenvalue weighted by Gasteiger charge is 2.33. The average molecular weight is 761 g/mol. The van der Waals surface area contributed by atoms with Crippen molar-refractivity contribution in [1.82, 2.24) is 26.6 Å². The molecule has 13 heteroatoms. The second-order valence-electron chi connectivity index (χ2n) is 15.1. The minimum Gasteiger partial charge on any atom is -0.500 e. The van der Waals surface area contributed by atoms with Crippen LogP contribution in [-0.4, -0.2) is 65.6 Å². The number of benzene rings is 1. The van der Waals surface area contributed by atoms with E-state index < -0.39 is 36.4 Å². The number of carboxylic acids is 1. The monoisotopic (exact) mass is 760 g/mol. The largest absolute Gasteiger partial charge is 0.500 e. The van der Waals surface area contributed by atoms with Gasteiger partial charge in [-0.15, -0.1) is 0 Å². The van der Waals surface area contributed by atoms with Crippen molar-refractivity contribution < 1.29 is 33.8 Å². The Balaban J connectivity index is 1.42. The quantitative estimate of drug-likeness (QED) is 0.0600. The van der Waals surface area contributed by atoms with Gasteiger partial charge in [-0.3, -0.25) is 19.2 Å². The molecule has 1 aromatic rings. The minimum atomic E-state index is -1.11. The number of amides is 5. The van der Waals surface area contributed by atoms with Gasteiger partial charge in [-0.1, -0.05) is 76.0 Å². The summed E-state index contributed by atoms with van der Waals surface area (Å²) < 4.78 is 5.36. The number of hydrogen-bond donors (Lipinski definition) is 7. The molecule has 300 valence electrons. The lowest BCUT2D eigenvalue weighted by atomic mass is 9.96. The molecular formula is C42H60N6O7. The van der Waals surface area contributed by atoms with Crippen molar-refractivity contribution in [3.8, 4) is 0 Å². The Morgan fingerprint density at radius 2 is 1.65 bits per heavy atom. The molecule has 0 heterocycles. The van der Waals surface area contributed by atoms with Crippen LogP contribution < -0.4 is 31.9 Å². The fourth-order valence-corrected chi connectivity index (χ4v) is 6.82. The third-order valence-corrected chi connectivity index (χ3v) is 9.72. The first-order valence-corrected chi connectivity index (χ1v) is 19.9. The molecule has 0 bridgehead atoms. The van der Waals surface area contributed by atoms with Gasteiger partial charge in [0, 0.05) is 23.6 Å². The predicted octanol–water partition coefficient (Wildman–Crippen LogP) is 5.86. The number of carbonyl (C=O) groups excluding carboxylic acids is 4. The second kappa shape index (κ2) is 22.3. The van der Waals surface area contributed by atoms with Crippen molar-refractivity contribution >= 4 is 35.4 Å². The Bertz CT molecular complexity index is 1590. The maximum absolute atomic E-state index is 13.9. The number of ether oxygens (including phenoxy) is 1. The summed E-state index contributed by atoms with van der Waals surface area (Å²) in [5.74, 6) is -2.26. The van der Waals surface area contributed by atoms with Gasteiger partial charge in [0.2, 0.25) is 17.7 Å². The Kier molecular flexibility index (Phi) is 17.3. The molecule has 13 nitrogen and oxygen atoms in total. The zero-order chi connectivity index (χ0) is 39.6. The van der Waals surface area contributed by atoms with Gasteiger partial charge in [0.25, 0.3) is 0 Å². The van der Waals surface area contributed by atoms with E-state index in [-0.39, 0.29) is 36.2 Å². The maximum atomic E-state index is 13.9. The summed E-state index contributed by atoms with van der Waals surface area (Å²) >= 11 is 0. The molecule has 0 aromatic heterocycles. The van der Waals surface area contributed by atoms with E-state index in [1.54, 1.807) is 24.3 Å². The van der Waals surface area contributed by atoms with Crippen molar-refractivity contribution in [2.75, 3.05) is 11.9 Å². The molecule has 7 N–H and O–H groups in total. The first-order chi connectivity index (χ1) is 26.5. The number of carbonyl (C=O) groups is 5. The molecule has 2 fully saturated rings. The third kappa shape index (κ3) is 15.7. The highest BCUT2D eigenvalue weighted by Crippen LogP contribution is 2.33. The van der Waals surface area contributed by atoms with Crippen LogP contribution in [0.3, 0.4) is 0 Å². The summed E-state index contributed by atoms with van der Waals surface area (Å²) in [5, 5.41) is 27.8. The van der Waals surface area contributed by atoms with E-state index in [1.807, 2.05) is 32.9 Å². The van der Waals surface area contributed by atoms with Crippen LogP contribution >= 0.6 is 0 Å². The van der Waals surface area contributed by atoms with E-state index in [1.165, 1.54) is 18.9 Å². The lowest BCUT2D eigenvalue weighted by molar-refractivity contribution is -0.137. The SMILES string of the molecule is CCCO/C=C\NC(=O)[C@H](CC1=CC=CCC1)NC(=C1CC1)[C@H](CC(=O)O)NC(=O)[C@H](CC(C)C)NC(=O)Cc1ccc(NC(=O)NC2CCCCC2)cc1. The topological polar surface area (TPSA) is 187 Å². The number of urea groups is 1. The van der Waals surface area contributed by atoms with Crippen LogP contribution in [0.5, 0.6) is 0 Å². The van der Waals surface area contributed by atoms with Gasteiger partial charge < -0.3 is 41.7 Å². The van der Waals surface area contributed by atoms with E-state index in [9.17, 15) is 29.1 Å². The first kappa shape index (κ1) is 42.7. The second-order valence-corrected chi connectivity index (χ2v) is 15.1. The van der Waals surface area contributed by atoms with E-state index in [0.717, 1.165) is 56.1 Å². The van der Waals surface area contributed by atoms with Crippen LogP contribution in [-0.2, 0) is 30.3 Å². The first-order valence-electron chi connectivity index (χ1n) is 19.9. The van der Waals surface area contributed by atoms with Crippen molar-refractivity contribution in [2.24, 2.45) is 5.92 Å². The van der Waals surface area contributed by atoms with Crippen molar-refractivity contribution in [1.29, 1.82) is 0 Å². The summed E-state index contributed by atoms with van der Waals surface area (Å²) in [4.78, 5) is 65.4. The summed E-state index contributed by atoms with van der Waals surface area (Å²) in [6.45, 7) is 6.38. The van der Waals surface area contributed by atoms with Gasteiger partial charge in [0.05, 0.1) is 31.8 Å². The molecule has 0 spiro atoms. The Morgan fingerprint density at radius 3 is 2.29 bits per heavy atom. The van der Waals surface area contributed by atoms with Crippen LogP contribution in [0.1, 0.15) is 110 Å².